The van der Waals surface area contributed by atoms with Crippen LogP contribution < -0.4 is 10.6 Å². The molecule has 1 aromatic rings. The first-order valence-electron chi connectivity index (χ1n) is 5.82. The molecule has 0 unspecified atom stereocenters. The molecule has 15 heavy (non-hydrogen) atoms. The second kappa shape index (κ2) is 4.67. The van der Waals surface area contributed by atoms with Crippen LogP contribution in [0.15, 0.2) is 18.2 Å². The van der Waals surface area contributed by atoms with Gasteiger partial charge in [-0.2, -0.15) is 0 Å². The molecule has 1 aliphatic heterocycles. The maximum atomic E-state index is 3.46. The van der Waals surface area contributed by atoms with Crippen molar-refractivity contribution >= 4 is 5.69 Å². The van der Waals surface area contributed by atoms with Gasteiger partial charge in [0.2, 0.25) is 0 Å². The Labute approximate surface area is 92.1 Å². The van der Waals surface area contributed by atoms with Crippen molar-refractivity contribution in [2.75, 3.05) is 18.4 Å². The Bertz CT molecular complexity index is 331. The third-order valence-electron chi connectivity index (χ3n) is 2.77. The minimum absolute atomic E-state index is 0.720. The van der Waals surface area contributed by atoms with E-state index in [4.69, 9.17) is 0 Å². The Morgan fingerprint density at radius 3 is 3.07 bits per heavy atom. The number of hydrogen-bond acceptors (Lipinski definition) is 2. The molecule has 2 heteroatoms. The lowest BCUT2D eigenvalue weighted by atomic mass is 10.1. The molecule has 2 nitrogen and oxygen atoms in total. The van der Waals surface area contributed by atoms with E-state index in [1.54, 1.807) is 0 Å². The monoisotopic (exact) mass is 204 g/mol. The lowest BCUT2D eigenvalue weighted by molar-refractivity contribution is 0.552. The van der Waals surface area contributed by atoms with Gasteiger partial charge in [0.15, 0.2) is 0 Å². The minimum Gasteiger partial charge on any atom is -0.384 e. The summed E-state index contributed by atoms with van der Waals surface area (Å²) in [7, 11) is 0. The standard InChI is InChI=1S/C13H20N2/c1-10(2)8-14-9-11-3-4-12-5-6-15-13(12)7-11/h3-4,7,10,14-15H,5-6,8-9H2,1-2H3. The zero-order valence-electron chi connectivity index (χ0n) is 9.64. The summed E-state index contributed by atoms with van der Waals surface area (Å²) in [6.07, 6.45) is 1.18. The first-order valence-corrected chi connectivity index (χ1v) is 5.82. The predicted molar refractivity (Wildman–Crippen MR) is 65.2 cm³/mol. The summed E-state index contributed by atoms with van der Waals surface area (Å²) in [5.74, 6) is 0.720. The zero-order valence-corrected chi connectivity index (χ0v) is 9.64. The highest BCUT2D eigenvalue weighted by molar-refractivity contribution is 5.56. The quantitative estimate of drug-likeness (QED) is 0.787. The lowest BCUT2D eigenvalue weighted by Crippen LogP contribution is -2.18. The van der Waals surface area contributed by atoms with Gasteiger partial charge in [0, 0.05) is 18.8 Å². The van der Waals surface area contributed by atoms with Gasteiger partial charge in [0.1, 0.15) is 0 Å². The Morgan fingerprint density at radius 2 is 2.27 bits per heavy atom. The minimum atomic E-state index is 0.720. The molecule has 0 bridgehead atoms. The van der Waals surface area contributed by atoms with Crippen LogP contribution in [0.2, 0.25) is 0 Å². The van der Waals surface area contributed by atoms with Crippen molar-refractivity contribution < 1.29 is 0 Å². The molecule has 0 aromatic heterocycles. The van der Waals surface area contributed by atoms with Crippen LogP contribution in [0.25, 0.3) is 0 Å². The summed E-state index contributed by atoms with van der Waals surface area (Å²) in [4.78, 5) is 0. The highest BCUT2D eigenvalue weighted by atomic mass is 14.9. The van der Waals surface area contributed by atoms with Gasteiger partial charge in [0.25, 0.3) is 0 Å². The fraction of sp³-hybridized carbons (Fsp3) is 0.538. The van der Waals surface area contributed by atoms with Crippen LogP contribution in [-0.4, -0.2) is 13.1 Å². The zero-order chi connectivity index (χ0) is 10.7. The van der Waals surface area contributed by atoms with Crippen LogP contribution in [0.1, 0.15) is 25.0 Å². The van der Waals surface area contributed by atoms with Gasteiger partial charge in [-0.05, 0) is 36.1 Å². The van der Waals surface area contributed by atoms with Gasteiger partial charge in [-0.25, -0.2) is 0 Å². The highest BCUT2D eigenvalue weighted by Gasteiger charge is 2.09. The van der Waals surface area contributed by atoms with Gasteiger partial charge in [-0.1, -0.05) is 26.0 Å². The predicted octanol–water partition coefficient (Wildman–Crippen LogP) is 2.40. The summed E-state index contributed by atoms with van der Waals surface area (Å²) in [5, 5.41) is 6.88. The summed E-state index contributed by atoms with van der Waals surface area (Å²) in [6.45, 7) is 7.63. The van der Waals surface area contributed by atoms with E-state index in [2.05, 4.69) is 42.7 Å². The van der Waals surface area contributed by atoms with Crippen molar-refractivity contribution in [3.63, 3.8) is 0 Å². The van der Waals surface area contributed by atoms with Crippen molar-refractivity contribution in [3.05, 3.63) is 29.3 Å². The fourth-order valence-electron chi connectivity index (χ4n) is 1.95. The first-order chi connectivity index (χ1) is 7.25. The van der Waals surface area contributed by atoms with E-state index in [-0.39, 0.29) is 0 Å². The van der Waals surface area contributed by atoms with E-state index < -0.39 is 0 Å². The molecule has 82 valence electrons. The molecular formula is C13H20N2. The van der Waals surface area contributed by atoms with Crippen molar-refractivity contribution in [1.82, 2.24) is 5.32 Å². The number of rotatable bonds is 4. The third-order valence-corrected chi connectivity index (χ3v) is 2.77. The average molecular weight is 204 g/mol. The van der Waals surface area contributed by atoms with Crippen LogP contribution in [-0.2, 0) is 13.0 Å². The molecule has 0 fully saturated rings. The van der Waals surface area contributed by atoms with E-state index in [9.17, 15) is 0 Å². The number of hydrogen-bond donors (Lipinski definition) is 2. The van der Waals surface area contributed by atoms with Gasteiger partial charge in [-0.3, -0.25) is 0 Å². The second-order valence-corrected chi connectivity index (χ2v) is 4.69. The molecule has 0 atom stereocenters. The summed E-state index contributed by atoms with van der Waals surface area (Å²) < 4.78 is 0. The topological polar surface area (TPSA) is 24.1 Å². The number of anilines is 1. The molecular weight excluding hydrogens is 184 g/mol. The molecule has 1 aromatic carbocycles. The van der Waals surface area contributed by atoms with Gasteiger partial charge in [0.05, 0.1) is 0 Å². The van der Waals surface area contributed by atoms with Crippen molar-refractivity contribution in [2.24, 2.45) is 5.92 Å². The van der Waals surface area contributed by atoms with Crippen LogP contribution in [0.3, 0.4) is 0 Å². The smallest absolute Gasteiger partial charge is 0.0376 e. The summed E-state index contributed by atoms with van der Waals surface area (Å²) in [5.41, 5.74) is 4.17. The van der Waals surface area contributed by atoms with Crippen molar-refractivity contribution in [3.8, 4) is 0 Å². The lowest BCUT2D eigenvalue weighted by Gasteiger charge is -2.08. The van der Waals surface area contributed by atoms with Crippen LogP contribution in [0, 0.1) is 5.92 Å². The molecule has 2 N–H and O–H groups in total. The van der Waals surface area contributed by atoms with Crippen LogP contribution >= 0.6 is 0 Å². The van der Waals surface area contributed by atoms with Gasteiger partial charge in [-0.15, -0.1) is 0 Å². The van der Waals surface area contributed by atoms with Gasteiger partial charge < -0.3 is 10.6 Å². The SMILES string of the molecule is CC(C)CNCc1ccc2c(c1)NCC2. The maximum Gasteiger partial charge on any atom is 0.0376 e. The molecule has 1 heterocycles. The molecule has 0 saturated heterocycles. The normalized spacial score (nSPS) is 14.1. The van der Waals surface area contributed by atoms with Crippen LogP contribution in [0.5, 0.6) is 0 Å². The molecule has 0 aliphatic carbocycles. The molecule has 2 rings (SSSR count). The van der Waals surface area contributed by atoms with E-state index in [0.717, 1.165) is 25.6 Å². The summed E-state index contributed by atoms with van der Waals surface area (Å²) >= 11 is 0. The Hall–Kier alpha value is -1.02. The highest BCUT2D eigenvalue weighted by Crippen LogP contribution is 2.22. The second-order valence-electron chi connectivity index (χ2n) is 4.69. The number of nitrogens with one attached hydrogen (secondary N) is 2. The first kappa shape index (κ1) is 10.5. The number of benzene rings is 1. The van der Waals surface area contributed by atoms with E-state index in [0.29, 0.717) is 0 Å². The molecule has 0 amide bonds. The number of fused-ring (bicyclic) bond motifs is 1. The Morgan fingerprint density at radius 1 is 1.40 bits per heavy atom. The fourth-order valence-corrected chi connectivity index (χ4v) is 1.95. The molecule has 0 saturated carbocycles. The van der Waals surface area contributed by atoms with Gasteiger partial charge >= 0.3 is 0 Å². The third kappa shape index (κ3) is 2.72. The molecule has 1 aliphatic rings. The average Bonchev–Trinajstić information content (AvgIpc) is 2.64. The Balaban J connectivity index is 1.92. The van der Waals surface area contributed by atoms with Crippen molar-refractivity contribution in [2.45, 2.75) is 26.8 Å². The maximum absolute atomic E-state index is 3.46. The van der Waals surface area contributed by atoms with E-state index in [1.165, 1.54) is 23.2 Å². The molecule has 0 spiro atoms. The Kier molecular flexibility index (Phi) is 3.27. The summed E-state index contributed by atoms with van der Waals surface area (Å²) in [6, 6.07) is 6.76. The largest absolute Gasteiger partial charge is 0.384 e. The van der Waals surface area contributed by atoms with E-state index in [1.807, 2.05) is 0 Å². The van der Waals surface area contributed by atoms with E-state index >= 15 is 0 Å². The van der Waals surface area contributed by atoms with Crippen molar-refractivity contribution in [1.29, 1.82) is 0 Å². The van der Waals surface area contributed by atoms with Crippen LogP contribution in [0.4, 0.5) is 5.69 Å². The molecule has 0 radical (unpaired) electrons.